The Balaban J connectivity index is 2.26. The lowest BCUT2D eigenvalue weighted by molar-refractivity contribution is -0.154. The molecule has 0 radical (unpaired) electrons. The number of esters is 1. The zero-order valence-corrected chi connectivity index (χ0v) is 15.7. The second kappa shape index (κ2) is 8.46. The maximum atomic E-state index is 12.9. The van der Waals surface area contributed by atoms with Crippen molar-refractivity contribution in [3.8, 4) is 0 Å². The summed E-state index contributed by atoms with van der Waals surface area (Å²) >= 11 is 7.06. The van der Waals surface area contributed by atoms with Gasteiger partial charge in [-0.3, -0.25) is 4.79 Å². The monoisotopic (exact) mass is 401 g/mol. The number of carbonyl (C=O) groups is 2. The molecule has 0 fully saturated rings. The Hall–Kier alpha value is -1.90. The van der Waals surface area contributed by atoms with Gasteiger partial charge in [-0.15, -0.1) is 11.3 Å². The van der Waals surface area contributed by atoms with Gasteiger partial charge >= 0.3 is 11.9 Å². The van der Waals surface area contributed by atoms with Gasteiger partial charge < -0.3 is 10.1 Å². The summed E-state index contributed by atoms with van der Waals surface area (Å²) in [6.07, 6.45) is 0. The average Bonchev–Trinajstić information content (AvgIpc) is 3.09. The van der Waals surface area contributed by atoms with E-state index in [1.165, 1.54) is 35.6 Å². The van der Waals surface area contributed by atoms with Gasteiger partial charge in [0.1, 0.15) is 5.25 Å². The predicted molar refractivity (Wildman–Crippen MR) is 95.3 cm³/mol. The number of hydrogen-bond acceptors (Lipinski definition) is 6. The molecule has 2 rings (SSSR count). The maximum Gasteiger partial charge on any atom is 0.396 e. The summed E-state index contributed by atoms with van der Waals surface area (Å²) in [5.74, 6) is -2.02. The third kappa shape index (κ3) is 4.81. The average molecular weight is 402 g/mol. The Bertz CT molecular complexity index is 832. The first-order valence-electron chi connectivity index (χ1n) is 7.34. The molecule has 0 bridgehead atoms. The number of amides is 1. The predicted octanol–water partition coefficient (Wildman–Crippen LogP) is 2.60. The quantitative estimate of drug-likeness (QED) is 0.593. The van der Waals surface area contributed by atoms with Gasteiger partial charge in [0.15, 0.2) is 9.84 Å². The Kier molecular flexibility index (Phi) is 6.57. The molecular formula is C16H16ClNO5S2. The molecule has 1 aromatic heterocycles. The van der Waals surface area contributed by atoms with Gasteiger partial charge in [-0.1, -0.05) is 17.7 Å². The Labute approximate surface area is 154 Å². The summed E-state index contributed by atoms with van der Waals surface area (Å²) in [7, 11) is -3.79. The molecule has 0 aliphatic carbocycles. The van der Waals surface area contributed by atoms with E-state index in [-0.39, 0.29) is 18.0 Å². The molecule has 0 aliphatic heterocycles. The summed E-state index contributed by atoms with van der Waals surface area (Å²) in [6, 6.07) is 9.17. The molecule has 9 heteroatoms. The zero-order chi connectivity index (χ0) is 18.4. The standard InChI is InChI=1S/C16H16ClNO5S2/c1-2-23-16(20)15(19)18-10-14(13-4-3-9-24-13)25(21,22)12-7-5-11(17)6-8-12/h3-9,14H,2,10H2,1H3,(H,18,19)/t14-/m0/s1. The number of sulfone groups is 1. The number of rotatable bonds is 6. The van der Waals surface area contributed by atoms with Crippen LogP contribution in [-0.2, 0) is 24.2 Å². The van der Waals surface area contributed by atoms with Crippen LogP contribution in [0, 0.1) is 0 Å². The lowest BCUT2D eigenvalue weighted by Crippen LogP contribution is -2.37. The van der Waals surface area contributed by atoms with E-state index < -0.39 is 27.0 Å². The Morgan fingerprint density at radius 3 is 2.48 bits per heavy atom. The van der Waals surface area contributed by atoms with Crippen molar-refractivity contribution in [2.45, 2.75) is 17.1 Å². The number of ether oxygens (including phenoxy) is 1. The van der Waals surface area contributed by atoms with E-state index in [9.17, 15) is 18.0 Å². The van der Waals surface area contributed by atoms with Crippen molar-refractivity contribution < 1.29 is 22.7 Å². The van der Waals surface area contributed by atoms with Crippen molar-refractivity contribution in [3.63, 3.8) is 0 Å². The molecule has 1 atom stereocenters. The molecule has 134 valence electrons. The van der Waals surface area contributed by atoms with Crippen LogP contribution >= 0.6 is 22.9 Å². The van der Waals surface area contributed by atoms with Gasteiger partial charge in [0, 0.05) is 16.4 Å². The van der Waals surface area contributed by atoms with Crippen molar-refractivity contribution in [3.05, 3.63) is 51.7 Å². The minimum Gasteiger partial charge on any atom is -0.459 e. The van der Waals surface area contributed by atoms with Crippen LogP contribution in [0.25, 0.3) is 0 Å². The zero-order valence-electron chi connectivity index (χ0n) is 13.3. The first-order valence-corrected chi connectivity index (χ1v) is 10.1. The van der Waals surface area contributed by atoms with Crippen LogP contribution in [0.5, 0.6) is 0 Å². The number of halogens is 1. The van der Waals surface area contributed by atoms with E-state index >= 15 is 0 Å². The summed E-state index contributed by atoms with van der Waals surface area (Å²) in [5.41, 5.74) is 0. The molecule has 25 heavy (non-hydrogen) atoms. The van der Waals surface area contributed by atoms with Gasteiger partial charge in [0.2, 0.25) is 0 Å². The molecule has 1 aromatic carbocycles. The minimum absolute atomic E-state index is 0.0592. The summed E-state index contributed by atoms with van der Waals surface area (Å²) < 4.78 is 30.5. The third-order valence-corrected chi connectivity index (χ3v) is 6.77. The number of hydrogen-bond donors (Lipinski definition) is 1. The molecule has 1 amide bonds. The molecule has 0 spiro atoms. The molecule has 6 nitrogen and oxygen atoms in total. The number of carbonyl (C=O) groups excluding carboxylic acids is 2. The van der Waals surface area contributed by atoms with Gasteiger partial charge in [-0.2, -0.15) is 0 Å². The highest BCUT2D eigenvalue weighted by molar-refractivity contribution is 7.91. The van der Waals surface area contributed by atoms with Crippen LogP contribution in [0.15, 0.2) is 46.7 Å². The van der Waals surface area contributed by atoms with Crippen LogP contribution in [0.4, 0.5) is 0 Å². The smallest absolute Gasteiger partial charge is 0.396 e. The van der Waals surface area contributed by atoms with E-state index in [1.54, 1.807) is 24.4 Å². The van der Waals surface area contributed by atoms with Gasteiger partial charge in [-0.25, -0.2) is 13.2 Å². The van der Waals surface area contributed by atoms with Crippen molar-refractivity contribution in [2.24, 2.45) is 0 Å². The molecule has 0 unspecified atom stereocenters. The first kappa shape index (κ1) is 19.4. The van der Waals surface area contributed by atoms with Gasteiger partial charge in [-0.05, 0) is 42.6 Å². The van der Waals surface area contributed by atoms with Crippen LogP contribution in [0.1, 0.15) is 17.1 Å². The van der Waals surface area contributed by atoms with Gasteiger partial charge in [0.25, 0.3) is 0 Å². The fraction of sp³-hybridized carbons (Fsp3) is 0.250. The topological polar surface area (TPSA) is 89.5 Å². The second-order valence-corrected chi connectivity index (χ2v) is 8.48. The van der Waals surface area contributed by atoms with E-state index in [0.29, 0.717) is 9.90 Å². The van der Waals surface area contributed by atoms with E-state index in [4.69, 9.17) is 11.6 Å². The molecule has 0 saturated heterocycles. The highest BCUT2D eigenvalue weighted by Crippen LogP contribution is 2.31. The highest BCUT2D eigenvalue weighted by atomic mass is 35.5. The SMILES string of the molecule is CCOC(=O)C(=O)NC[C@@H](c1cccs1)S(=O)(=O)c1ccc(Cl)cc1. The summed E-state index contributed by atoms with van der Waals surface area (Å²) in [6.45, 7) is 1.39. The summed E-state index contributed by atoms with van der Waals surface area (Å²) in [5, 5.41) is 3.47. The number of nitrogens with one attached hydrogen (secondary N) is 1. The van der Waals surface area contributed by atoms with Crippen LogP contribution in [0.3, 0.4) is 0 Å². The van der Waals surface area contributed by atoms with Gasteiger partial charge in [0.05, 0.1) is 11.5 Å². The largest absolute Gasteiger partial charge is 0.459 e. The van der Waals surface area contributed by atoms with Crippen molar-refractivity contribution in [1.29, 1.82) is 0 Å². The molecule has 2 aromatic rings. The Morgan fingerprint density at radius 1 is 1.24 bits per heavy atom. The molecule has 1 heterocycles. The van der Waals surface area contributed by atoms with E-state index in [0.717, 1.165) is 0 Å². The number of thiophene rings is 1. The fourth-order valence-electron chi connectivity index (χ4n) is 2.08. The van der Waals surface area contributed by atoms with Crippen LogP contribution in [0.2, 0.25) is 5.02 Å². The highest BCUT2D eigenvalue weighted by Gasteiger charge is 2.31. The summed E-state index contributed by atoms with van der Waals surface area (Å²) in [4.78, 5) is 23.8. The van der Waals surface area contributed by atoms with E-state index in [2.05, 4.69) is 10.1 Å². The van der Waals surface area contributed by atoms with Crippen molar-refractivity contribution in [1.82, 2.24) is 5.32 Å². The van der Waals surface area contributed by atoms with Crippen LogP contribution in [-0.4, -0.2) is 33.4 Å². The second-order valence-electron chi connectivity index (χ2n) is 4.93. The lowest BCUT2D eigenvalue weighted by Gasteiger charge is -2.17. The van der Waals surface area contributed by atoms with Crippen molar-refractivity contribution >= 4 is 44.7 Å². The maximum absolute atomic E-state index is 12.9. The number of benzene rings is 1. The molecule has 1 N–H and O–H groups in total. The minimum atomic E-state index is -3.79. The lowest BCUT2D eigenvalue weighted by atomic mass is 10.3. The fourth-order valence-corrected chi connectivity index (χ4v) is 4.99. The first-order chi connectivity index (χ1) is 11.9. The van der Waals surface area contributed by atoms with Crippen LogP contribution < -0.4 is 5.32 Å². The normalized spacial score (nSPS) is 12.4. The molecular weight excluding hydrogens is 386 g/mol. The molecule has 0 saturated carbocycles. The third-order valence-electron chi connectivity index (χ3n) is 3.29. The van der Waals surface area contributed by atoms with Crippen molar-refractivity contribution in [2.75, 3.05) is 13.2 Å². The molecule has 0 aliphatic rings. The van der Waals surface area contributed by atoms with E-state index in [1.807, 2.05) is 0 Å². The Morgan fingerprint density at radius 2 is 1.92 bits per heavy atom.